The van der Waals surface area contributed by atoms with Crippen LogP contribution in [-0.2, 0) is 32.7 Å². The zero-order valence-corrected chi connectivity index (χ0v) is 30.2. The van der Waals surface area contributed by atoms with Crippen molar-refractivity contribution >= 4 is 54.0 Å². The minimum Gasteiger partial charge on any atom is -0.441 e. The Kier molecular flexibility index (Phi) is 9.57. The molecule has 7 rings (SSSR count). The largest absolute Gasteiger partial charge is 0.441 e. The molecule has 1 spiro atoms. The van der Waals surface area contributed by atoms with Crippen molar-refractivity contribution in [2.75, 3.05) is 75.8 Å². The smallest absolute Gasteiger partial charge is 0.340 e. The number of rotatable bonds is 13. The molecule has 0 radical (unpaired) electrons. The number of likely N-dealkylation sites (N-methyl/N-ethyl adjacent to an activating group) is 2. The average molecular weight is 688 g/mol. The Morgan fingerprint density at radius 1 is 0.854 bits per heavy atom. The van der Waals surface area contributed by atoms with Crippen molar-refractivity contribution in [1.82, 2.24) is 5.32 Å². The van der Waals surface area contributed by atoms with Crippen LogP contribution in [0, 0.1) is 0 Å². The van der Waals surface area contributed by atoms with E-state index in [0.717, 1.165) is 80.8 Å². The second kappa shape index (κ2) is 13.9. The fraction of sp³-hybridized carbons (Fsp3) is 0.474. The maximum Gasteiger partial charge on any atom is 0.340 e. The molecule has 0 fully saturated rings. The molecule has 0 saturated carbocycles. The second-order valence-corrected chi connectivity index (χ2v) is 16.7. The van der Waals surface area contributed by atoms with Crippen molar-refractivity contribution in [3.8, 4) is 0 Å². The molecule has 0 aromatic heterocycles. The summed E-state index contributed by atoms with van der Waals surface area (Å²) in [5, 5.41) is 5.61. The van der Waals surface area contributed by atoms with Gasteiger partial charge in [-0.05, 0) is 89.6 Å². The molecule has 4 aliphatic heterocycles. The minimum absolute atomic E-state index is 0.200. The first-order chi connectivity index (χ1) is 23.3. The molecule has 8 nitrogen and oxygen atoms in total. The van der Waals surface area contributed by atoms with Gasteiger partial charge in [-0.1, -0.05) is 19.4 Å². The van der Waals surface area contributed by atoms with E-state index in [1.54, 1.807) is 12.1 Å². The van der Waals surface area contributed by atoms with Crippen LogP contribution in [0.25, 0.3) is 0 Å². The predicted molar refractivity (Wildman–Crippen MR) is 194 cm³/mol. The fourth-order valence-corrected chi connectivity index (χ4v) is 10.8. The normalized spacial score (nSPS) is 20.0. The van der Waals surface area contributed by atoms with Crippen molar-refractivity contribution in [2.24, 2.45) is 0 Å². The molecular formula is C38H46ClN3O5Si. The summed E-state index contributed by atoms with van der Waals surface area (Å²) in [6, 6.07) is 14.7. The van der Waals surface area contributed by atoms with Crippen LogP contribution in [0.5, 0.6) is 0 Å². The van der Waals surface area contributed by atoms with Crippen molar-refractivity contribution in [2.45, 2.75) is 50.7 Å². The first kappa shape index (κ1) is 33.1. The van der Waals surface area contributed by atoms with E-state index < -0.39 is 14.4 Å². The Balaban J connectivity index is 1.13. The molecule has 1 N–H and O–H groups in total. The van der Waals surface area contributed by atoms with Gasteiger partial charge in [-0.2, -0.15) is 0 Å². The number of alkyl halides is 1. The third-order valence-electron chi connectivity index (χ3n) is 10.7. The van der Waals surface area contributed by atoms with Crippen LogP contribution in [0.15, 0.2) is 42.5 Å². The number of fused-ring (bicyclic) bond motifs is 8. The van der Waals surface area contributed by atoms with Crippen molar-refractivity contribution in [3.05, 3.63) is 81.4 Å². The first-order valence-corrected chi connectivity index (χ1v) is 20.3. The highest BCUT2D eigenvalue weighted by atomic mass is 35.5. The molecule has 4 heterocycles. The molecule has 0 saturated heterocycles. The van der Waals surface area contributed by atoms with Gasteiger partial charge in [0.25, 0.3) is 5.91 Å². The van der Waals surface area contributed by atoms with Gasteiger partial charge in [-0.25, -0.2) is 4.79 Å². The van der Waals surface area contributed by atoms with Gasteiger partial charge in [0.1, 0.15) is 8.80 Å². The molecule has 48 heavy (non-hydrogen) atoms. The number of amides is 1. The van der Waals surface area contributed by atoms with E-state index in [2.05, 4.69) is 60.0 Å². The second-order valence-electron chi connectivity index (χ2n) is 13.6. The average Bonchev–Trinajstić information content (AvgIpc) is 3.75. The summed E-state index contributed by atoms with van der Waals surface area (Å²) >= 11 is 5.72. The Bertz CT molecular complexity index is 1660. The molecule has 254 valence electrons. The van der Waals surface area contributed by atoms with Gasteiger partial charge in [0.15, 0.2) is 5.60 Å². The Labute approximate surface area is 290 Å². The maximum atomic E-state index is 13.7. The lowest BCUT2D eigenvalue weighted by Gasteiger charge is -2.40. The van der Waals surface area contributed by atoms with Crippen LogP contribution in [0.4, 0.5) is 11.4 Å². The van der Waals surface area contributed by atoms with Gasteiger partial charge in [0.05, 0.1) is 25.4 Å². The highest BCUT2D eigenvalue weighted by Crippen LogP contribution is 2.50. The van der Waals surface area contributed by atoms with Crippen LogP contribution in [0.1, 0.15) is 74.2 Å². The third-order valence-corrected chi connectivity index (χ3v) is 13.7. The molecule has 3 aromatic rings. The fourth-order valence-electron chi connectivity index (χ4n) is 7.98. The topological polar surface area (TPSA) is 80.3 Å². The van der Waals surface area contributed by atoms with Gasteiger partial charge in [0, 0.05) is 79.8 Å². The van der Waals surface area contributed by atoms with E-state index >= 15 is 0 Å². The Hall–Kier alpha value is -3.37. The molecule has 4 aliphatic rings. The van der Waals surface area contributed by atoms with E-state index in [1.165, 1.54) is 32.9 Å². The van der Waals surface area contributed by atoms with E-state index in [-0.39, 0.29) is 11.9 Å². The van der Waals surface area contributed by atoms with Crippen LogP contribution in [-0.4, -0.2) is 86.7 Å². The monoisotopic (exact) mass is 687 g/mol. The number of ether oxygens (including phenoxy) is 3. The van der Waals surface area contributed by atoms with Gasteiger partial charge in [-0.3, -0.25) is 4.79 Å². The van der Waals surface area contributed by atoms with Crippen molar-refractivity contribution in [3.63, 3.8) is 0 Å². The van der Waals surface area contributed by atoms with Crippen molar-refractivity contribution < 1.29 is 23.8 Å². The molecule has 0 unspecified atom stereocenters. The maximum absolute atomic E-state index is 13.7. The van der Waals surface area contributed by atoms with E-state index in [0.29, 0.717) is 37.5 Å². The molecule has 3 aromatic carbocycles. The number of nitrogens with one attached hydrogen (secondary N) is 1. The zero-order valence-electron chi connectivity index (χ0n) is 28.3. The molecule has 1 amide bonds. The summed E-state index contributed by atoms with van der Waals surface area (Å²) in [7, 11) is 2.65. The molecule has 0 aliphatic carbocycles. The lowest BCUT2D eigenvalue weighted by atomic mass is 9.77. The van der Waals surface area contributed by atoms with Gasteiger partial charge in [0.2, 0.25) is 0 Å². The number of halogens is 1. The summed E-state index contributed by atoms with van der Waals surface area (Å²) < 4.78 is 18.0. The SMILES string of the molecule is CN1CCc2cc3c(cc21)[SiH](C)c1cc2c(cc1C31OC(=O)c3ccc(C(=O)NCCOCCOCCCCCCCl)cc31)CCN2C. The molecule has 0 atom stereocenters. The number of hydrogen-bond acceptors (Lipinski definition) is 7. The summed E-state index contributed by atoms with van der Waals surface area (Å²) in [4.78, 5) is 31.9. The number of benzene rings is 3. The summed E-state index contributed by atoms with van der Waals surface area (Å²) in [6.45, 7) is 6.86. The lowest BCUT2D eigenvalue weighted by molar-refractivity contribution is 0.0255. The quantitative estimate of drug-likeness (QED) is 0.126. The van der Waals surface area contributed by atoms with Crippen LogP contribution < -0.4 is 25.5 Å². The van der Waals surface area contributed by atoms with E-state index in [9.17, 15) is 9.59 Å². The third kappa shape index (κ3) is 5.82. The van der Waals surface area contributed by atoms with Crippen LogP contribution in [0.2, 0.25) is 6.55 Å². The number of carbonyl (C=O) groups is 2. The molecular weight excluding hydrogens is 642 g/mol. The standard InChI is InChI=1S/C38H46ClN3O5Si/c1-41-14-10-25-20-30-34(23-32(25)41)48(3)35-24-33-26(11-15-42(33)2)21-31(35)38(30)29-22-27(8-9-28(29)37(44)47-38)36(43)40-13-17-46-19-18-45-16-7-5-4-6-12-39/h8-9,20-24,48H,4-7,10-19H2,1-3H3,(H,40,43). The van der Waals surface area contributed by atoms with Crippen LogP contribution in [0.3, 0.4) is 0 Å². The van der Waals surface area contributed by atoms with E-state index in [4.69, 9.17) is 25.8 Å². The highest BCUT2D eigenvalue weighted by molar-refractivity contribution is 6.85. The molecule has 0 bridgehead atoms. The minimum atomic E-state index is -1.65. The Morgan fingerprint density at radius 2 is 1.48 bits per heavy atom. The number of anilines is 2. The number of unbranched alkanes of at least 4 members (excludes halogenated alkanes) is 3. The molecule has 10 heteroatoms. The van der Waals surface area contributed by atoms with Crippen molar-refractivity contribution in [1.29, 1.82) is 0 Å². The number of esters is 1. The summed E-state index contributed by atoms with van der Waals surface area (Å²) in [5.41, 5.74) is 7.96. The number of carbonyl (C=O) groups excluding carboxylic acids is 2. The first-order valence-electron chi connectivity index (χ1n) is 17.5. The summed E-state index contributed by atoms with van der Waals surface area (Å²) in [6.07, 6.45) is 6.26. The van der Waals surface area contributed by atoms with Gasteiger partial charge < -0.3 is 29.3 Å². The summed E-state index contributed by atoms with van der Waals surface area (Å²) in [5.74, 6) is 0.176. The highest BCUT2D eigenvalue weighted by Gasteiger charge is 2.54. The predicted octanol–water partition coefficient (Wildman–Crippen LogP) is 3.98. The van der Waals surface area contributed by atoms with Gasteiger partial charge in [-0.15, -0.1) is 11.6 Å². The van der Waals surface area contributed by atoms with Gasteiger partial charge >= 0.3 is 5.97 Å². The lowest BCUT2D eigenvalue weighted by Crippen LogP contribution is -2.55. The number of hydrogen-bond donors (Lipinski definition) is 1. The van der Waals surface area contributed by atoms with Crippen LogP contribution >= 0.6 is 11.6 Å². The Morgan fingerprint density at radius 3 is 2.12 bits per heavy atom. The number of nitrogens with zero attached hydrogens (tertiary/aromatic N) is 2. The van der Waals surface area contributed by atoms with E-state index in [1.807, 2.05) is 6.07 Å². The zero-order chi connectivity index (χ0) is 33.4.